The molecule has 0 atom stereocenters. The first-order valence-electron chi connectivity index (χ1n) is 6.03. The molecule has 2 nitrogen and oxygen atoms in total. The van der Waals surface area contributed by atoms with E-state index in [1.54, 1.807) is 0 Å². The third kappa shape index (κ3) is 3.88. The van der Waals surface area contributed by atoms with E-state index in [2.05, 4.69) is 26.1 Å². The smallest absolute Gasteiger partial charge is 0.251 e. The molecular weight excluding hydrogens is 210 g/mol. The zero-order valence-corrected chi connectivity index (χ0v) is 11.7. The molecule has 1 N–H and O–H groups in total. The minimum absolute atomic E-state index is 0.00280. The van der Waals surface area contributed by atoms with Gasteiger partial charge in [0, 0.05) is 11.1 Å². The predicted octanol–water partition coefficient (Wildman–Crippen LogP) is 3.51. The average molecular weight is 233 g/mol. The first-order chi connectivity index (χ1) is 7.61. The molecule has 0 aromatic heterocycles. The lowest BCUT2D eigenvalue weighted by Crippen LogP contribution is -2.41. The maximum absolute atomic E-state index is 12.2. The fourth-order valence-electron chi connectivity index (χ4n) is 1.74. The van der Waals surface area contributed by atoms with Gasteiger partial charge in [-0.25, -0.2) is 0 Å². The van der Waals surface area contributed by atoms with Crippen molar-refractivity contribution in [2.45, 2.75) is 52.5 Å². The fraction of sp³-hybridized carbons (Fsp3) is 0.533. The number of carbonyl (C=O) groups excluding carboxylic acids is 1. The van der Waals surface area contributed by atoms with E-state index < -0.39 is 0 Å². The van der Waals surface area contributed by atoms with Crippen LogP contribution in [0, 0.1) is 0 Å². The second kappa shape index (κ2) is 4.52. The molecule has 0 bridgehead atoms. The van der Waals surface area contributed by atoms with Crippen LogP contribution < -0.4 is 5.32 Å². The first-order valence-corrected chi connectivity index (χ1v) is 6.03. The van der Waals surface area contributed by atoms with Crippen molar-refractivity contribution in [2.24, 2.45) is 0 Å². The second-order valence-electron chi connectivity index (χ2n) is 6.50. The summed E-state index contributed by atoms with van der Waals surface area (Å²) in [5.74, 6) is 0.00280. The van der Waals surface area contributed by atoms with Gasteiger partial charge in [0.2, 0.25) is 0 Å². The maximum Gasteiger partial charge on any atom is 0.251 e. The number of amides is 1. The van der Waals surface area contributed by atoms with Crippen LogP contribution in [0.15, 0.2) is 24.3 Å². The van der Waals surface area contributed by atoms with Gasteiger partial charge in [0.15, 0.2) is 0 Å². The van der Waals surface area contributed by atoms with Crippen molar-refractivity contribution in [2.75, 3.05) is 0 Å². The van der Waals surface area contributed by atoms with Gasteiger partial charge in [-0.05, 0) is 37.8 Å². The van der Waals surface area contributed by atoms with Crippen LogP contribution in [0.25, 0.3) is 0 Å². The SMILES string of the molecule is CC(C)(C)NC(=O)c1ccccc1C(C)(C)C. The van der Waals surface area contributed by atoms with Crippen LogP contribution in [0.5, 0.6) is 0 Å². The van der Waals surface area contributed by atoms with Crippen molar-refractivity contribution in [1.82, 2.24) is 5.32 Å². The number of nitrogens with one attached hydrogen (secondary N) is 1. The van der Waals surface area contributed by atoms with E-state index >= 15 is 0 Å². The lowest BCUT2D eigenvalue weighted by Gasteiger charge is -2.25. The van der Waals surface area contributed by atoms with Gasteiger partial charge in [-0.2, -0.15) is 0 Å². The summed E-state index contributed by atoms with van der Waals surface area (Å²) in [6.45, 7) is 12.3. The molecule has 0 radical (unpaired) electrons. The monoisotopic (exact) mass is 233 g/mol. The highest BCUT2D eigenvalue weighted by Crippen LogP contribution is 2.25. The molecule has 0 unspecified atom stereocenters. The maximum atomic E-state index is 12.2. The Morgan fingerprint density at radius 1 is 1.00 bits per heavy atom. The minimum atomic E-state index is -0.206. The molecule has 0 saturated heterocycles. The summed E-state index contributed by atoms with van der Waals surface area (Å²) in [6, 6.07) is 7.81. The van der Waals surface area contributed by atoms with Gasteiger partial charge in [-0.1, -0.05) is 39.0 Å². The molecule has 0 aliphatic rings. The van der Waals surface area contributed by atoms with Crippen molar-refractivity contribution >= 4 is 5.91 Å². The van der Waals surface area contributed by atoms with Crippen molar-refractivity contribution in [1.29, 1.82) is 0 Å². The number of hydrogen-bond donors (Lipinski definition) is 1. The standard InChI is InChI=1S/C15H23NO/c1-14(2,3)12-10-8-7-9-11(12)13(17)16-15(4,5)6/h7-10H,1-6H3,(H,16,17). The molecule has 0 heterocycles. The third-order valence-electron chi connectivity index (χ3n) is 2.47. The van der Waals surface area contributed by atoms with Gasteiger partial charge < -0.3 is 5.32 Å². The fourth-order valence-corrected chi connectivity index (χ4v) is 1.74. The molecule has 1 aromatic rings. The van der Waals surface area contributed by atoms with E-state index in [0.717, 1.165) is 11.1 Å². The summed E-state index contributed by atoms with van der Waals surface area (Å²) in [6.07, 6.45) is 0. The largest absolute Gasteiger partial charge is 0.347 e. The molecule has 0 aliphatic heterocycles. The molecule has 0 saturated carbocycles. The zero-order valence-electron chi connectivity index (χ0n) is 11.7. The van der Waals surface area contributed by atoms with Crippen molar-refractivity contribution in [3.05, 3.63) is 35.4 Å². The molecule has 0 aliphatic carbocycles. The van der Waals surface area contributed by atoms with Crippen LogP contribution in [0.3, 0.4) is 0 Å². The molecule has 1 aromatic carbocycles. The highest BCUT2D eigenvalue weighted by atomic mass is 16.1. The zero-order chi connectivity index (χ0) is 13.3. The summed E-state index contributed by atoms with van der Waals surface area (Å²) in [4.78, 5) is 12.2. The lowest BCUT2D eigenvalue weighted by atomic mass is 9.83. The summed E-state index contributed by atoms with van der Waals surface area (Å²) in [7, 11) is 0. The molecule has 0 fully saturated rings. The second-order valence-corrected chi connectivity index (χ2v) is 6.50. The van der Waals surface area contributed by atoms with Gasteiger partial charge in [0.1, 0.15) is 0 Å². The lowest BCUT2D eigenvalue weighted by molar-refractivity contribution is 0.0917. The Kier molecular flexibility index (Phi) is 3.65. The molecule has 1 amide bonds. The molecule has 0 spiro atoms. The van der Waals surface area contributed by atoms with Crippen LogP contribution in [0.1, 0.15) is 57.5 Å². The Morgan fingerprint density at radius 2 is 1.53 bits per heavy atom. The van der Waals surface area contributed by atoms with Crippen molar-refractivity contribution < 1.29 is 4.79 Å². The minimum Gasteiger partial charge on any atom is -0.347 e. The molecule has 17 heavy (non-hydrogen) atoms. The molecular formula is C15H23NO. The third-order valence-corrected chi connectivity index (χ3v) is 2.47. The van der Waals surface area contributed by atoms with Crippen LogP contribution >= 0.6 is 0 Å². The summed E-state index contributed by atoms with van der Waals surface area (Å²) in [5.41, 5.74) is 1.63. The Bertz CT molecular complexity index is 408. The van der Waals surface area contributed by atoms with E-state index in [0.29, 0.717) is 0 Å². The van der Waals surface area contributed by atoms with Crippen LogP contribution in [0.2, 0.25) is 0 Å². The van der Waals surface area contributed by atoms with Crippen LogP contribution in [-0.4, -0.2) is 11.4 Å². The first kappa shape index (κ1) is 13.8. The van der Waals surface area contributed by atoms with Gasteiger partial charge in [-0.15, -0.1) is 0 Å². The number of benzene rings is 1. The van der Waals surface area contributed by atoms with E-state index in [-0.39, 0.29) is 16.9 Å². The molecule has 2 heteroatoms. The van der Waals surface area contributed by atoms with Crippen LogP contribution in [-0.2, 0) is 5.41 Å². The predicted molar refractivity (Wildman–Crippen MR) is 72.4 cm³/mol. The number of hydrogen-bond acceptors (Lipinski definition) is 1. The highest BCUT2D eigenvalue weighted by molar-refractivity contribution is 5.96. The van der Waals surface area contributed by atoms with Gasteiger partial charge in [-0.3, -0.25) is 4.79 Å². The number of carbonyl (C=O) groups is 1. The summed E-state index contributed by atoms with van der Waals surface area (Å²) < 4.78 is 0. The summed E-state index contributed by atoms with van der Waals surface area (Å²) >= 11 is 0. The van der Waals surface area contributed by atoms with Crippen molar-refractivity contribution in [3.8, 4) is 0 Å². The van der Waals surface area contributed by atoms with E-state index in [1.165, 1.54) is 0 Å². The van der Waals surface area contributed by atoms with Gasteiger partial charge >= 0.3 is 0 Å². The Balaban J connectivity index is 3.11. The average Bonchev–Trinajstić information content (AvgIpc) is 2.13. The Morgan fingerprint density at radius 3 is 2.00 bits per heavy atom. The highest BCUT2D eigenvalue weighted by Gasteiger charge is 2.23. The van der Waals surface area contributed by atoms with E-state index in [1.807, 2.05) is 45.0 Å². The number of rotatable bonds is 1. The quantitative estimate of drug-likeness (QED) is 0.790. The van der Waals surface area contributed by atoms with E-state index in [4.69, 9.17) is 0 Å². The Hall–Kier alpha value is -1.31. The molecule has 94 valence electrons. The summed E-state index contributed by atoms with van der Waals surface area (Å²) in [5, 5.41) is 3.01. The Labute approximate surface area is 104 Å². The van der Waals surface area contributed by atoms with Crippen LogP contribution in [0.4, 0.5) is 0 Å². The van der Waals surface area contributed by atoms with Gasteiger partial charge in [0.05, 0.1) is 0 Å². The topological polar surface area (TPSA) is 29.1 Å². The van der Waals surface area contributed by atoms with Gasteiger partial charge in [0.25, 0.3) is 5.91 Å². The van der Waals surface area contributed by atoms with Crippen molar-refractivity contribution in [3.63, 3.8) is 0 Å². The molecule has 1 rings (SSSR count). The van der Waals surface area contributed by atoms with E-state index in [9.17, 15) is 4.79 Å². The normalized spacial score (nSPS) is 12.4.